The SMILES string of the molecule is CCC(C)(C)C(=O)OC(C)(C)C.CCC(C)c1ccc2cc(OC(=O)CC(F)(F)F)ccc2c1. The first-order valence-electron chi connectivity index (χ1n) is 11.5. The van der Waals surface area contributed by atoms with Crippen LogP contribution >= 0.6 is 0 Å². The second-order valence-electron chi connectivity index (χ2n) is 10.1. The van der Waals surface area contributed by atoms with Crippen LogP contribution in [-0.2, 0) is 14.3 Å². The van der Waals surface area contributed by atoms with Gasteiger partial charge in [0, 0.05) is 0 Å². The number of alkyl halides is 3. The lowest BCUT2D eigenvalue weighted by Gasteiger charge is -2.27. The maximum absolute atomic E-state index is 12.1. The summed E-state index contributed by atoms with van der Waals surface area (Å²) in [4.78, 5) is 22.7. The van der Waals surface area contributed by atoms with Crippen molar-refractivity contribution in [3.8, 4) is 5.75 Å². The lowest BCUT2D eigenvalue weighted by molar-refractivity contribution is -0.166. The van der Waals surface area contributed by atoms with Crippen LogP contribution in [0.25, 0.3) is 10.8 Å². The molecule has 7 heteroatoms. The highest BCUT2D eigenvalue weighted by Crippen LogP contribution is 2.28. The molecule has 0 amide bonds. The van der Waals surface area contributed by atoms with Crippen molar-refractivity contribution in [3.63, 3.8) is 0 Å². The van der Waals surface area contributed by atoms with Crippen molar-refractivity contribution in [2.45, 2.75) is 92.3 Å². The van der Waals surface area contributed by atoms with Gasteiger partial charge in [0.05, 0.1) is 5.41 Å². The van der Waals surface area contributed by atoms with E-state index in [9.17, 15) is 22.8 Å². The molecule has 0 spiro atoms. The molecule has 0 aliphatic rings. The van der Waals surface area contributed by atoms with Gasteiger partial charge in [-0.1, -0.05) is 45.0 Å². The van der Waals surface area contributed by atoms with E-state index >= 15 is 0 Å². The van der Waals surface area contributed by atoms with E-state index < -0.39 is 18.6 Å². The molecular formula is C27H37F3O4. The van der Waals surface area contributed by atoms with Crippen molar-refractivity contribution in [2.24, 2.45) is 5.41 Å². The van der Waals surface area contributed by atoms with Crippen LogP contribution in [0.2, 0.25) is 0 Å². The molecule has 34 heavy (non-hydrogen) atoms. The Morgan fingerprint density at radius 3 is 1.97 bits per heavy atom. The van der Waals surface area contributed by atoms with Crippen molar-refractivity contribution in [3.05, 3.63) is 42.0 Å². The molecule has 2 aromatic rings. The Morgan fingerprint density at radius 1 is 0.912 bits per heavy atom. The van der Waals surface area contributed by atoms with Crippen LogP contribution in [0.4, 0.5) is 13.2 Å². The minimum atomic E-state index is -4.56. The van der Waals surface area contributed by atoms with E-state index in [0.29, 0.717) is 5.92 Å². The highest BCUT2D eigenvalue weighted by atomic mass is 19.4. The van der Waals surface area contributed by atoms with E-state index in [4.69, 9.17) is 9.47 Å². The van der Waals surface area contributed by atoms with Crippen molar-refractivity contribution >= 4 is 22.7 Å². The lowest BCUT2D eigenvalue weighted by atomic mass is 9.90. The fraction of sp³-hybridized carbons (Fsp3) is 0.556. The number of ether oxygens (including phenoxy) is 2. The minimum Gasteiger partial charge on any atom is -0.460 e. The summed E-state index contributed by atoms with van der Waals surface area (Å²) in [6.45, 7) is 15.7. The highest BCUT2D eigenvalue weighted by molar-refractivity contribution is 5.85. The van der Waals surface area contributed by atoms with E-state index in [1.165, 1.54) is 11.6 Å². The average Bonchev–Trinajstić information content (AvgIpc) is 2.70. The Labute approximate surface area is 200 Å². The maximum Gasteiger partial charge on any atom is 0.399 e. The third-order valence-corrected chi connectivity index (χ3v) is 5.43. The van der Waals surface area contributed by atoms with Gasteiger partial charge in [0.1, 0.15) is 17.8 Å². The molecule has 1 atom stereocenters. The predicted molar refractivity (Wildman–Crippen MR) is 129 cm³/mol. The topological polar surface area (TPSA) is 52.6 Å². The standard InChI is InChI=1S/C17H17F3O2.C10H20O2/c1-3-11(2)12-4-5-14-9-15(7-6-13(14)8-12)22-16(21)10-17(18,19)20;1-7-10(5,6)8(11)12-9(2,3)4/h4-9,11H,3,10H2,1-2H3;7H2,1-6H3. The van der Waals surface area contributed by atoms with Crippen molar-refractivity contribution in [1.82, 2.24) is 0 Å². The normalized spacial score (nSPS) is 13.0. The van der Waals surface area contributed by atoms with Gasteiger partial charge in [0.15, 0.2) is 0 Å². The number of esters is 2. The molecule has 0 aliphatic carbocycles. The average molecular weight is 483 g/mol. The van der Waals surface area contributed by atoms with Gasteiger partial charge in [-0.3, -0.25) is 9.59 Å². The molecule has 0 radical (unpaired) electrons. The summed E-state index contributed by atoms with van der Waals surface area (Å²) < 4.78 is 46.3. The molecule has 0 fully saturated rings. The van der Waals surface area contributed by atoms with Crippen molar-refractivity contribution in [2.75, 3.05) is 0 Å². The van der Waals surface area contributed by atoms with Crippen molar-refractivity contribution in [1.29, 1.82) is 0 Å². The van der Waals surface area contributed by atoms with Gasteiger partial charge >= 0.3 is 18.1 Å². The number of carbonyl (C=O) groups excluding carboxylic acids is 2. The van der Waals surface area contributed by atoms with Gasteiger partial charge in [-0.2, -0.15) is 13.2 Å². The van der Waals surface area contributed by atoms with Crippen LogP contribution < -0.4 is 4.74 Å². The lowest BCUT2D eigenvalue weighted by Crippen LogP contribution is -2.33. The zero-order valence-electron chi connectivity index (χ0n) is 21.4. The quantitative estimate of drug-likeness (QED) is 0.309. The summed E-state index contributed by atoms with van der Waals surface area (Å²) in [5.41, 5.74) is 0.480. The third-order valence-electron chi connectivity index (χ3n) is 5.43. The number of fused-ring (bicyclic) bond motifs is 1. The summed E-state index contributed by atoms with van der Waals surface area (Å²) in [7, 11) is 0. The third kappa shape index (κ3) is 10.1. The maximum atomic E-state index is 12.1. The van der Waals surface area contributed by atoms with Crippen LogP contribution in [0.15, 0.2) is 36.4 Å². The smallest absolute Gasteiger partial charge is 0.399 e. The zero-order valence-corrected chi connectivity index (χ0v) is 21.4. The minimum absolute atomic E-state index is 0.113. The van der Waals surface area contributed by atoms with Crippen LogP contribution in [0.5, 0.6) is 5.75 Å². The van der Waals surface area contributed by atoms with Crippen LogP contribution in [0.1, 0.15) is 86.1 Å². The predicted octanol–water partition coefficient (Wildman–Crippen LogP) is 7.98. The number of halogens is 3. The number of rotatable bonds is 6. The summed E-state index contributed by atoms with van der Waals surface area (Å²) in [5.74, 6) is -0.854. The van der Waals surface area contributed by atoms with E-state index in [2.05, 4.69) is 13.8 Å². The number of hydrogen-bond donors (Lipinski definition) is 0. The largest absolute Gasteiger partial charge is 0.460 e. The van der Waals surface area contributed by atoms with Gasteiger partial charge in [-0.15, -0.1) is 0 Å². The van der Waals surface area contributed by atoms with Gasteiger partial charge in [0.2, 0.25) is 0 Å². The number of benzene rings is 2. The first-order valence-corrected chi connectivity index (χ1v) is 11.5. The second kappa shape index (κ2) is 11.7. The second-order valence-corrected chi connectivity index (χ2v) is 10.1. The van der Waals surface area contributed by atoms with Gasteiger partial charge in [-0.05, 0) is 81.8 Å². The first kappa shape index (κ1) is 29.5. The fourth-order valence-corrected chi connectivity index (χ4v) is 2.74. The molecule has 190 valence electrons. The monoisotopic (exact) mass is 482 g/mol. The molecule has 0 aliphatic heterocycles. The van der Waals surface area contributed by atoms with Crippen LogP contribution in [0, 0.1) is 5.41 Å². The zero-order chi connectivity index (χ0) is 26.3. The van der Waals surface area contributed by atoms with Crippen LogP contribution in [0.3, 0.4) is 0 Å². The van der Waals surface area contributed by atoms with Crippen molar-refractivity contribution < 1.29 is 32.2 Å². The first-order chi connectivity index (χ1) is 15.5. The van der Waals surface area contributed by atoms with E-state index in [1.807, 2.05) is 59.7 Å². The summed E-state index contributed by atoms with van der Waals surface area (Å²) in [5, 5.41) is 1.79. The molecule has 0 bridgehead atoms. The Balaban J connectivity index is 0.000000411. The molecule has 0 aromatic heterocycles. The van der Waals surface area contributed by atoms with Gasteiger partial charge in [-0.25, -0.2) is 0 Å². The molecule has 0 N–H and O–H groups in total. The molecule has 0 heterocycles. The van der Waals surface area contributed by atoms with Gasteiger partial charge < -0.3 is 9.47 Å². The van der Waals surface area contributed by atoms with E-state index in [0.717, 1.165) is 23.6 Å². The Hall–Kier alpha value is -2.57. The molecular weight excluding hydrogens is 445 g/mol. The van der Waals surface area contributed by atoms with Crippen LogP contribution in [-0.4, -0.2) is 23.7 Å². The molecule has 0 saturated carbocycles. The Kier molecular flexibility index (Phi) is 10.2. The molecule has 0 saturated heterocycles. The molecule has 2 aromatic carbocycles. The Morgan fingerprint density at radius 2 is 1.47 bits per heavy atom. The number of hydrogen-bond acceptors (Lipinski definition) is 4. The van der Waals surface area contributed by atoms with E-state index in [-0.39, 0.29) is 22.7 Å². The molecule has 4 nitrogen and oxygen atoms in total. The molecule has 2 rings (SSSR count). The Bertz CT molecular complexity index is 972. The summed E-state index contributed by atoms with van der Waals surface area (Å²) in [6, 6.07) is 10.7. The number of carbonyl (C=O) groups is 2. The van der Waals surface area contributed by atoms with Gasteiger partial charge in [0.25, 0.3) is 0 Å². The molecule has 1 unspecified atom stereocenters. The van der Waals surface area contributed by atoms with E-state index in [1.54, 1.807) is 12.1 Å². The highest BCUT2D eigenvalue weighted by Gasteiger charge is 2.32. The fourth-order valence-electron chi connectivity index (χ4n) is 2.74. The summed E-state index contributed by atoms with van der Waals surface area (Å²) >= 11 is 0. The summed E-state index contributed by atoms with van der Waals surface area (Å²) in [6.07, 6.45) is -4.31.